The van der Waals surface area contributed by atoms with Gasteiger partial charge in [0.05, 0.1) is 10.7 Å². The lowest BCUT2D eigenvalue weighted by molar-refractivity contribution is -0.121. The van der Waals surface area contributed by atoms with Crippen LogP contribution in [0.4, 0.5) is 5.69 Å². The minimum atomic E-state index is -0.433. The Labute approximate surface area is 158 Å². The number of hydrazone groups is 1. The zero-order chi connectivity index (χ0) is 18.6. The highest BCUT2D eigenvalue weighted by Crippen LogP contribution is 2.22. The number of carbonyl (C=O) groups excluding carboxylic acids is 1. The lowest BCUT2D eigenvalue weighted by Crippen LogP contribution is -2.35. The summed E-state index contributed by atoms with van der Waals surface area (Å²) in [4.78, 5) is 12.3. The van der Waals surface area contributed by atoms with Crippen LogP contribution in [-0.2, 0) is 4.79 Å². The molecule has 0 saturated carbocycles. The highest BCUT2D eigenvalue weighted by Gasteiger charge is 2.14. The van der Waals surface area contributed by atoms with Gasteiger partial charge < -0.3 is 5.32 Å². The van der Waals surface area contributed by atoms with E-state index in [9.17, 15) is 4.79 Å². The smallest absolute Gasteiger partial charge is 0.262 e. The van der Waals surface area contributed by atoms with Gasteiger partial charge in [-0.25, -0.2) is 5.43 Å². The average molecular weight is 378 g/mol. The predicted molar refractivity (Wildman–Crippen MR) is 106 cm³/mol. The fraction of sp³-hybridized carbons (Fsp3) is 0.263. The number of hydrogen-bond donors (Lipinski definition) is 2. The van der Waals surface area contributed by atoms with E-state index < -0.39 is 6.04 Å². The first-order chi connectivity index (χ1) is 11.8. The van der Waals surface area contributed by atoms with Crippen molar-refractivity contribution in [3.05, 3.63) is 63.1 Å². The van der Waals surface area contributed by atoms with Gasteiger partial charge in [0.25, 0.3) is 5.91 Å². The summed E-state index contributed by atoms with van der Waals surface area (Å²) in [6, 6.07) is 10.7. The molecule has 0 aliphatic rings. The Morgan fingerprint density at radius 1 is 1.12 bits per heavy atom. The molecule has 0 radical (unpaired) electrons. The Bertz CT molecular complexity index is 798. The molecule has 132 valence electrons. The van der Waals surface area contributed by atoms with Gasteiger partial charge in [-0.1, -0.05) is 47.5 Å². The third kappa shape index (κ3) is 4.97. The largest absolute Gasteiger partial charge is 0.373 e. The van der Waals surface area contributed by atoms with Gasteiger partial charge in [0.15, 0.2) is 0 Å². The summed E-state index contributed by atoms with van der Waals surface area (Å²) in [6.45, 7) is 7.58. The van der Waals surface area contributed by atoms with E-state index in [1.807, 2.05) is 32.0 Å². The monoisotopic (exact) mass is 377 g/mol. The van der Waals surface area contributed by atoms with Crippen molar-refractivity contribution in [2.75, 3.05) is 5.32 Å². The predicted octanol–water partition coefficient (Wildman–Crippen LogP) is 4.95. The molecule has 1 amide bonds. The molecule has 2 N–H and O–H groups in total. The maximum atomic E-state index is 12.3. The third-order valence-electron chi connectivity index (χ3n) is 3.89. The van der Waals surface area contributed by atoms with Crippen LogP contribution in [0.2, 0.25) is 10.0 Å². The van der Waals surface area contributed by atoms with Crippen molar-refractivity contribution >= 4 is 40.5 Å². The van der Waals surface area contributed by atoms with Crippen LogP contribution in [-0.4, -0.2) is 17.7 Å². The average Bonchev–Trinajstić information content (AvgIpc) is 2.55. The van der Waals surface area contributed by atoms with Crippen molar-refractivity contribution in [3.63, 3.8) is 0 Å². The first-order valence-electron chi connectivity index (χ1n) is 7.92. The van der Waals surface area contributed by atoms with Crippen LogP contribution in [0.5, 0.6) is 0 Å². The highest BCUT2D eigenvalue weighted by atomic mass is 35.5. The van der Waals surface area contributed by atoms with Gasteiger partial charge in [0.1, 0.15) is 6.04 Å². The second-order valence-corrected chi connectivity index (χ2v) is 6.77. The second-order valence-electron chi connectivity index (χ2n) is 5.93. The summed E-state index contributed by atoms with van der Waals surface area (Å²) in [5.74, 6) is -0.230. The second kappa shape index (κ2) is 8.37. The van der Waals surface area contributed by atoms with E-state index in [2.05, 4.69) is 15.8 Å². The van der Waals surface area contributed by atoms with Gasteiger partial charge in [-0.15, -0.1) is 0 Å². The van der Waals surface area contributed by atoms with Crippen LogP contribution in [0.1, 0.15) is 30.5 Å². The molecule has 0 aliphatic carbocycles. The molecule has 2 rings (SSSR count). The highest BCUT2D eigenvalue weighted by molar-refractivity contribution is 6.37. The number of carbonyl (C=O) groups is 1. The lowest BCUT2D eigenvalue weighted by Gasteiger charge is -2.17. The first-order valence-corrected chi connectivity index (χ1v) is 8.67. The number of benzene rings is 2. The van der Waals surface area contributed by atoms with Crippen LogP contribution in [0.15, 0.2) is 41.5 Å². The minimum Gasteiger partial charge on any atom is -0.373 e. The van der Waals surface area contributed by atoms with Gasteiger partial charge in [0, 0.05) is 16.3 Å². The van der Waals surface area contributed by atoms with Crippen LogP contribution in [0.3, 0.4) is 0 Å². The van der Waals surface area contributed by atoms with Crippen molar-refractivity contribution < 1.29 is 4.79 Å². The van der Waals surface area contributed by atoms with E-state index in [1.165, 1.54) is 0 Å². The maximum Gasteiger partial charge on any atom is 0.262 e. The Kier molecular flexibility index (Phi) is 6.45. The van der Waals surface area contributed by atoms with Crippen molar-refractivity contribution in [2.24, 2.45) is 5.10 Å². The van der Waals surface area contributed by atoms with E-state index in [0.29, 0.717) is 15.8 Å². The molecular formula is C19H21Cl2N3O. The van der Waals surface area contributed by atoms with E-state index in [4.69, 9.17) is 23.2 Å². The number of para-hydroxylation sites is 1. The third-order valence-corrected chi connectivity index (χ3v) is 4.44. The van der Waals surface area contributed by atoms with E-state index in [1.54, 1.807) is 32.0 Å². The summed E-state index contributed by atoms with van der Waals surface area (Å²) in [6.07, 6.45) is 0. The molecule has 0 bridgehead atoms. The van der Waals surface area contributed by atoms with E-state index in [-0.39, 0.29) is 5.91 Å². The Morgan fingerprint density at radius 3 is 2.36 bits per heavy atom. The minimum absolute atomic E-state index is 0.230. The SMILES string of the molecule is C/C(=N\NC(=O)C(C)Nc1c(C)cccc1C)c1ccc(Cl)cc1Cl. The molecule has 2 aromatic carbocycles. The van der Waals surface area contributed by atoms with Gasteiger partial charge in [0.2, 0.25) is 0 Å². The number of rotatable bonds is 5. The molecular weight excluding hydrogens is 357 g/mol. The lowest BCUT2D eigenvalue weighted by atomic mass is 10.1. The number of nitrogens with zero attached hydrogens (tertiary/aromatic N) is 1. The van der Waals surface area contributed by atoms with Gasteiger partial charge in [-0.3, -0.25) is 4.79 Å². The summed E-state index contributed by atoms with van der Waals surface area (Å²) >= 11 is 12.0. The quantitative estimate of drug-likeness (QED) is 0.571. The molecule has 0 fully saturated rings. The van der Waals surface area contributed by atoms with Crippen molar-refractivity contribution in [2.45, 2.75) is 33.7 Å². The van der Waals surface area contributed by atoms with Crippen LogP contribution >= 0.6 is 23.2 Å². The number of aryl methyl sites for hydroxylation is 2. The van der Waals surface area contributed by atoms with E-state index >= 15 is 0 Å². The van der Waals surface area contributed by atoms with Gasteiger partial charge in [-0.2, -0.15) is 5.10 Å². The summed E-state index contributed by atoms with van der Waals surface area (Å²) in [5, 5.41) is 8.42. The number of hydrogen-bond acceptors (Lipinski definition) is 3. The number of nitrogens with one attached hydrogen (secondary N) is 2. The topological polar surface area (TPSA) is 53.5 Å². The fourth-order valence-corrected chi connectivity index (χ4v) is 2.95. The normalized spacial score (nSPS) is 12.6. The molecule has 25 heavy (non-hydrogen) atoms. The van der Waals surface area contributed by atoms with Crippen molar-refractivity contribution in [1.82, 2.24) is 5.43 Å². The molecule has 0 aliphatic heterocycles. The summed E-state index contributed by atoms with van der Waals surface area (Å²) in [5.41, 5.74) is 7.05. The fourth-order valence-electron chi connectivity index (χ4n) is 2.40. The molecule has 6 heteroatoms. The van der Waals surface area contributed by atoms with Crippen LogP contribution < -0.4 is 10.7 Å². The zero-order valence-electron chi connectivity index (χ0n) is 14.7. The molecule has 0 saturated heterocycles. The van der Waals surface area contributed by atoms with Crippen molar-refractivity contribution in [3.8, 4) is 0 Å². The summed E-state index contributed by atoms with van der Waals surface area (Å²) in [7, 11) is 0. The molecule has 0 spiro atoms. The molecule has 1 unspecified atom stereocenters. The molecule has 0 aromatic heterocycles. The number of anilines is 1. The zero-order valence-corrected chi connectivity index (χ0v) is 16.2. The summed E-state index contributed by atoms with van der Waals surface area (Å²) < 4.78 is 0. The van der Waals surface area contributed by atoms with Crippen LogP contribution in [0, 0.1) is 13.8 Å². The Hall–Kier alpha value is -2.04. The Morgan fingerprint density at radius 2 is 1.76 bits per heavy atom. The molecule has 4 nitrogen and oxygen atoms in total. The molecule has 2 aromatic rings. The van der Waals surface area contributed by atoms with Crippen LogP contribution in [0.25, 0.3) is 0 Å². The Balaban J connectivity index is 2.06. The van der Waals surface area contributed by atoms with Gasteiger partial charge >= 0.3 is 0 Å². The molecule has 1 atom stereocenters. The number of amides is 1. The standard InChI is InChI=1S/C19H21Cl2N3O/c1-11-6-5-7-12(2)18(11)22-14(4)19(25)24-23-13(3)16-9-8-15(20)10-17(16)21/h5-10,14,22H,1-4H3,(H,24,25)/b23-13+. The maximum absolute atomic E-state index is 12.3. The van der Waals surface area contributed by atoms with E-state index in [0.717, 1.165) is 22.4 Å². The van der Waals surface area contributed by atoms with Gasteiger partial charge in [-0.05, 0) is 51.0 Å². The first kappa shape index (κ1) is 19.3. The molecule has 0 heterocycles. The number of halogens is 2. The van der Waals surface area contributed by atoms with Crippen molar-refractivity contribution in [1.29, 1.82) is 0 Å².